The summed E-state index contributed by atoms with van der Waals surface area (Å²) in [5.41, 5.74) is 2.25. The molecule has 2 amide bonds. The third-order valence-corrected chi connectivity index (χ3v) is 9.07. The summed E-state index contributed by atoms with van der Waals surface area (Å²) < 4.78 is 80.1. The molecule has 10 nitrogen and oxygen atoms in total. The average Bonchev–Trinajstić information content (AvgIpc) is 3.38. The van der Waals surface area contributed by atoms with Crippen LogP contribution in [0.3, 0.4) is 0 Å². The Kier molecular flexibility index (Phi) is 11.0. The Morgan fingerprint density at radius 2 is 1.72 bits per heavy atom. The Labute approximate surface area is 291 Å². The second-order valence-electron chi connectivity index (χ2n) is 11.7. The van der Waals surface area contributed by atoms with E-state index in [1.807, 2.05) is 0 Å². The lowest BCUT2D eigenvalue weighted by atomic mass is 9.95. The summed E-state index contributed by atoms with van der Waals surface area (Å²) in [6, 6.07) is 9.13. The van der Waals surface area contributed by atoms with Gasteiger partial charge in [0.15, 0.2) is 0 Å². The highest BCUT2D eigenvalue weighted by Crippen LogP contribution is 2.39. The number of amides is 2. The van der Waals surface area contributed by atoms with Crippen LogP contribution in [0.15, 0.2) is 42.6 Å². The Hall–Kier alpha value is -4.28. The molecule has 18 heteroatoms. The molecular weight excluding hydrogens is 715 g/mol. The third-order valence-electron chi connectivity index (χ3n) is 8.32. The van der Waals surface area contributed by atoms with E-state index < -0.39 is 43.1 Å². The van der Waals surface area contributed by atoms with Crippen molar-refractivity contribution in [2.24, 2.45) is 13.0 Å². The van der Waals surface area contributed by atoms with Crippen LogP contribution in [0.2, 0.25) is 10.0 Å². The molecule has 3 heterocycles. The summed E-state index contributed by atoms with van der Waals surface area (Å²) in [6.07, 6.45) is -9.16. The van der Waals surface area contributed by atoms with Crippen LogP contribution in [0, 0.1) is 5.92 Å². The van der Waals surface area contributed by atoms with Crippen molar-refractivity contribution >= 4 is 63.4 Å². The third kappa shape index (κ3) is 8.53. The summed E-state index contributed by atoms with van der Waals surface area (Å²) in [7, 11) is 1.64. The van der Waals surface area contributed by atoms with Crippen molar-refractivity contribution in [3.63, 3.8) is 0 Å². The molecule has 1 fully saturated rings. The molecule has 0 bridgehead atoms. The van der Waals surface area contributed by atoms with Crippen LogP contribution < -0.4 is 20.9 Å². The number of alkyl halides is 6. The summed E-state index contributed by atoms with van der Waals surface area (Å²) in [4.78, 5) is 36.0. The van der Waals surface area contributed by atoms with Gasteiger partial charge in [-0.3, -0.25) is 14.6 Å². The van der Waals surface area contributed by atoms with Crippen molar-refractivity contribution < 1.29 is 41.0 Å². The fourth-order valence-electron chi connectivity index (χ4n) is 5.56. The van der Waals surface area contributed by atoms with E-state index in [2.05, 4.69) is 25.9 Å². The molecule has 4 aromatic rings. The van der Waals surface area contributed by atoms with Gasteiger partial charge in [0.25, 0.3) is 11.8 Å². The number of carbonyl (C=O) groups excluding carboxylic acids is 2. The minimum absolute atomic E-state index is 0.0156. The molecule has 0 atom stereocenters. The van der Waals surface area contributed by atoms with Crippen molar-refractivity contribution in [2.75, 3.05) is 29.9 Å². The highest BCUT2D eigenvalue weighted by Gasteiger charge is 2.41. The molecule has 2 aromatic carbocycles. The second kappa shape index (κ2) is 14.9. The summed E-state index contributed by atoms with van der Waals surface area (Å²) in [5.74, 6) is -2.64. The molecule has 50 heavy (non-hydrogen) atoms. The van der Waals surface area contributed by atoms with Crippen molar-refractivity contribution in [1.29, 1.82) is 0 Å². The number of nitrogens with one attached hydrogen (secondary N) is 3. The average molecular weight is 747 g/mol. The number of aliphatic hydroxyl groups is 1. The van der Waals surface area contributed by atoms with Gasteiger partial charge in [-0.05, 0) is 54.3 Å². The van der Waals surface area contributed by atoms with Crippen molar-refractivity contribution in [3.8, 4) is 0 Å². The van der Waals surface area contributed by atoms with Crippen LogP contribution in [0.25, 0.3) is 11.0 Å². The number of fused-ring (bicyclic) bond motifs is 1. The quantitative estimate of drug-likeness (QED) is 0.130. The minimum Gasteiger partial charge on any atom is -0.392 e. The molecule has 1 aliphatic heterocycles. The normalized spacial score (nSPS) is 14.2. The number of aliphatic hydroxyl groups excluding tert-OH is 1. The van der Waals surface area contributed by atoms with Gasteiger partial charge in [-0.25, -0.2) is 4.98 Å². The highest BCUT2D eigenvalue weighted by atomic mass is 35.5. The molecule has 5 rings (SSSR count). The zero-order chi connectivity index (χ0) is 36.4. The number of hydrogen-bond acceptors (Lipinski definition) is 7. The molecule has 1 saturated heterocycles. The maximum Gasteiger partial charge on any atom is 0.391 e. The molecule has 0 spiro atoms. The largest absolute Gasteiger partial charge is 0.392 e. The topological polar surface area (TPSA) is 124 Å². The minimum atomic E-state index is -4.50. The number of benzene rings is 2. The fraction of sp³-hybridized carbons (Fsp3) is 0.375. The van der Waals surface area contributed by atoms with E-state index in [0.29, 0.717) is 16.6 Å². The van der Waals surface area contributed by atoms with Gasteiger partial charge in [-0.2, -0.15) is 26.3 Å². The van der Waals surface area contributed by atoms with Gasteiger partial charge in [-0.15, -0.1) is 0 Å². The molecule has 4 N–H and O–H groups in total. The number of halogens is 8. The van der Waals surface area contributed by atoms with E-state index in [0.717, 1.165) is 0 Å². The van der Waals surface area contributed by atoms with E-state index in [1.165, 1.54) is 18.3 Å². The Balaban J connectivity index is 1.43. The van der Waals surface area contributed by atoms with Gasteiger partial charge in [0.2, 0.25) is 5.95 Å². The number of nitrogens with zero attached hydrogens (tertiary/aromatic N) is 4. The van der Waals surface area contributed by atoms with Gasteiger partial charge in [0.05, 0.1) is 57.0 Å². The maximum absolute atomic E-state index is 13.4. The zero-order valence-electron chi connectivity index (χ0n) is 26.4. The Morgan fingerprint density at radius 3 is 2.38 bits per heavy atom. The van der Waals surface area contributed by atoms with Crippen LogP contribution >= 0.6 is 23.2 Å². The standard InChI is InChI=1S/C32H31Cl2F6N7O3/c1-46-25-14-24(47-10-5-19(6-11-47)32(38,39)40)20(28(49)42-9-7-31(35,36)37)13-22(25)44-30(46)45-27-21(33)3-2-18(26(27)34)15-43-29(50)23-12-17(16-48)4-8-41-23/h2-4,8,12-14,19,48H,5-7,9-11,15-16H2,1H3,(H,42,49)(H,43,50)(H,44,45). The van der Waals surface area contributed by atoms with Crippen molar-refractivity contribution in [2.45, 2.75) is 44.8 Å². The summed E-state index contributed by atoms with van der Waals surface area (Å²) >= 11 is 13.2. The number of pyridine rings is 1. The fourth-order valence-corrected chi connectivity index (χ4v) is 6.10. The number of rotatable bonds is 10. The van der Waals surface area contributed by atoms with Crippen molar-refractivity contribution in [3.05, 3.63) is 75.0 Å². The summed E-state index contributed by atoms with van der Waals surface area (Å²) in [5, 5.41) is 17.7. The molecule has 268 valence electrons. The number of aromatic nitrogens is 3. The van der Waals surface area contributed by atoms with E-state index in [4.69, 9.17) is 23.2 Å². The van der Waals surface area contributed by atoms with Crippen LogP contribution in [0.1, 0.15) is 51.2 Å². The van der Waals surface area contributed by atoms with Gasteiger partial charge in [-0.1, -0.05) is 29.3 Å². The second-order valence-corrected chi connectivity index (χ2v) is 12.5. The van der Waals surface area contributed by atoms with Gasteiger partial charge in [0, 0.05) is 39.4 Å². The predicted octanol–water partition coefficient (Wildman–Crippen LogP) is 6.90. The highest BCUT2D eigenvalue weighted by molar-refractivity contribution is 6.39. The van der Waals surface area contributed by atoms with Gasteiger partial charge >= 0.3 is 12.4 Å². The Morgan fingerprint density at radius 1 is 1.00 bits per heavy atom. The molecule has 0 unspecified atom stereocenters. The molecular formula is C32H31Cl2F6N7O3. The lowest BCUT2D eigenvalue weighted by molar-refractivity contribution is -0.179. The number of aryl methyl sites for hydroxylation is 1. The first-order valence-electron chi connectivity index (χ1n) is 15.3. The van der Waals surface area contributed by atoms with Crippen LogP contribution in [0.5, 0.6) is 0 Å². The van der Waals surface area contributed by atoms with Gasteiger partial charge in [0.1, 0.15) is 5.69 Å². The lowest BCUT2D eigenvalue weighted by Gasteiger charge is -2.35. The molecule has 0 radical (unpaired) electrons. The van der Waals surface area contributed by atoms with Crippen LogP contribution in [-0.4, -0.2) is 63.4 Å². The number of piperidine rings is 1. The van der Waals surface area contributed by atoms with E-state index in [9.17, 15) is 41.0 Å². The molecule has 2 aromatic heterocycles. The molecule has 0 saturated carbocycles. The number of imidazole rings is 1. The van der Waals surface area contributed by atoms with Crippen molar-refractivity contribution in [1.82, 2.24) is 25.2 Å². The van der Waals surface area contributed by atoms with E-state index in [1.54, 1.807) is 40.8 Å². The maximum atomic E-state index is 13.4. The van der Waals surface area contributed by atoms with E-state index >= 15 is 0 Å². The Bertz CT molecular complexity index is 1890. The zero-order valence-corrected chi connectivity index (χ0v) is 27.9. The first-order valence-corrected chi connectivity index (χ1v) is 16.1. The lowest BCUT2D eigenvalue weighted by Crippen LogP contribution is -2.40. The predicted molar refractivity (Wildman–Crippen MR) is 176 cm³/mol. The molecule has 1 aliphatic rings. The first-order chi connectivity index (χ1) is 23.6. The number of anilines is 3. The number of hydrogen-bond donors (Lipinski definition) is 4. The first kappa shape index (κ1) is 37.0. The SMILES string of the molecule is Cn1c(Nc2c(Cl)ccc(CNC(=O)c3cc(CO)ccn3)c2Cl)nc2cc(C(=O)NCCC(F)(F)F)c(N3CCC(C(F)(F)F)CC3)cc21. The van der Waals surface area contributed by atoms with Crippen LogP contribution in [0.4, 0.5) is 43.7 Å². The van der Waals surface area contributed by atoms with E-state index in [-0.39, 0.29) is 83.2 Å². The summed E-state index contributed by atoms with van der Waals surface area (Å²) in [6.45, 7) is -1.03. The monoisotopic (exact) mass is 745 g/mol. The smallest absolute Gasteiger partial charge is 0.391 e. The van der Waals surface area contributed by atoms with Crippen LogP contribution in [-0.2, 0) is 20.2 Å². The van der Waals surface area contributed by atoms with Gasteiger partial charge < -0.3 is 30.5 Å². The number of carbonyl (C=O) groups is 2. The molecule has 0 aliphatic carbocycles.